The van der Waals surface area contributed by atoms with Crippen molar-refractivity contribution in [1.29, 1.82) is 0 Å². The normalized spacial score (nSPS) is 17.5. The van der Waals surface area contributed by atoms with E-state index in [0.717, 1.165) is 50.9 Å². The molecule has 2 aromatic carbocycles. The number of nitrogens with zero attached hydrogens (tertiary/aromatic N) is 4. The Hall–Kier alpha value is -3.22. The fourth-order valence-corrected chi connectivity index (χ4v) is 4.08. The Morgan fingerprint density at radius 1 is 0.935 bits per heavy atom. The average Bonchev–Trinajstić information content (AvgIpc) is 2.83. The number of anilines is 2. The molecular weight excluding hydrogens is 388 g/mol. The highest BCUT2D eigenvalue weighted by atomic mass is 16.2. The summed E-state index contributed by atoms with van der Waals surface area (Å²) in [7, 11) is 0. The Balaban J connectivity index is 1.35. The Bertz CT molecular complexity index is 875. The van der Waals surface area contributed by atoms with E-state index in [-0.39, 0.29) is 5.91 Å². The average molecular weight is 421 g/mol. The van der Waals surface area contributed by atoms with Gasteiger partial charge in [0.25, 0.3) is 0 Å². The van der Waals surface area contributed by atoms with Crippen LogP contribution in [0.15, 0.2) is 59.6 Å². The third-order valence-corrected chi connectivity index (χ3v) is 5.79. The van der Waals surface area contributed by atoms with Crippen molar-refractivity contribution in [1.82, 2.24) is 15.5 Å². The SMILES string of the molecule is CCNC(=NCc1ccc(N2CCNC(=O)C2)cc1)N1CCN(c2ccccc2)CC1. The molecule has 0 atom stereocenters. The van der Waals surface area contributed by atoms with Crippen LogP contribution in [-0.4, -0.2) is 69.1 Å². The zero-order valence-electron chi connectivity index (χ0n) is 18.3. The molecule has 0 aliphatic carbocycles. The van der Waals surface area contributed by atoms with Gasteiger partial charge in [0, 0.05) is 57.2 Å². The molecule has 7 nitrogen and oxygen atoms in total. The molecule has 2 aliphatic heterocycles. The molecule has 2 saturated heterocycles. The fourth-order valence-electron chi connectivity index (χ4n) is 4.08. The van der Waals surface area contributed by atoms with Crippen LogP contribution in [0.3, 0.4) is 0 Å². The summed E-state index contributed by atoms with van der Waals surface area (Å²) in [6.07, 6.45) is 0. The molecule has 2 N–H and O–H groups in total. The van der Waals surface area contributed by atoms with Crippen molar-refractivity contribution >= 4 is 23.2 Å². The van der Waals surface area contributed by atoms with Gasteiger partial charge in [0.2, 0.25) is 5.91 Å². The maximum Gasteiger partial charge on any atom is 0.239 e. The molecule has 164 valence electrons. The van der Waals surface area contributed by atoms with Crippen molar-refractivity contribution in [2.45, 2.75) is 13.5 Å². The van der Waals surface area contributed by atoms with Crippen LogP contribution in [0, 0.1) is 0 Å². The Labute approximate surface area is 184 Å². The molecule has 4 rings (SSSR count). The van der Waals surface area contributed by atoms with Crippen LogP contribution in [0.4, 0.5) is 11.4 Å². The molecule has 2 fully saturated rings. The lowest BCUT2D eigenvalue weighted by Crippen LogP contribution is -2.52. The van der Waals surface area contributed by atoms with E-state index in [1.807, 2.05) is 0 Å². The third-order valence-electron chi connectivity index (χ3n) is 5.79. The number of piperazine rings is 2. The molecule has 0 spiro atoms. The Morgan fingerprint density at radius 2 is 1.65 bits per heavy atom. The summed E-state index contributed by atoms with van der Waals surface area (Å²) >= 11 is 0. The summed E-state index contributed by atoms with van der Waals surface area (Å²) in [6, 6.07) is 19.0. The molecule has 7 heteroatoms. The van der Waals surface area contributed by atoms with Crippen LogP contribution in [0.1, 0.15) is 12.5 Å². The standard InChI is InChI=1S/C24H32N6O/c1-2-25-24(29-16-14-28(15-17-29)21-6-4-3-5-7-21)27-18-20-8-10-22(11-9-20)30-13-12-26-23(31)19-30/h3-11H,2,12-19H2,1H3,(H,25,27)(H,26,31). The zero-order chi connectivity index (χ0) is 21.5. The molecule has 31 heavy (non-hydrogen) atoms. The van der Waals surface area contributed by atoms with Gasteiger partial charge in [-0.1, -0.05) is 30.3 Å². The molecule has 2 aliphatic rings. The smallest absolute Gasteiger partial charge is 0.239 e. The van der Waals surface area contributed by atoms with Gasteiger partial charge in [-0.3, -0.25) is 4.79 Å². The first-order valence-electron chi connectivity index (χ1n) is 11.2. The second-order valence-corrected chi connectivity index (χ2v) is 7.92. The van der Waals surface area contributed by atoms with Gasteiger partial charge in [-0.05, 0) is 36.8 Å². The first-order chi connectivity index (χ1) is 15.2. The summed E-state index contributed by atoms with van der Waals surface area (Å²) < 4.78 is 0. The number of nitrogens with one attached hydrogen (secondary N) is 2. The van der Waals surface area contributed by atoms with E-state index in [1.165, 1.54) is 11.3 Å². The number of guanidine groups is 1. The Kier molecular flexibility index (Phi) is 6.92. The van der Waals surface area contributed by atoms with E-state index < -0.39 is 0 Å². The van der Waals surface area contributed by atoms with Gasteiger partial charge in [-0.15, -0.1) is 0 Å². The van der Waals surface area contributed by atoms with Crippen LogP contribution in [-0.2, 0) is 11.3 Å². The van der Waals surface area contributed by atoms with Crippen LogP contribution >= 0.6 is 0 Å². The number of carbonyl (C=O) groups is 1. The van der Waals surface area contributed by atoms with E-state index in [1.54, 1.807) is 0 Å². The van der Waals surface area contributed by atoms with Crippen LogP contribution in [0.5, 0.6) is 0 Å². The topological polar surface area (TPSA) is 63.2 Å². The first kappa shape index (κ1) is 21.0. The summed E-state index contributed by atoms with van der Waals surface area (Å²) in [5.74, 6) is 1.06. The maximum absolute atomic E-state index is 11.6. The minimum Gasteiger partial charge on any atom is -0.368 e. The number of amides is 1. The number of hydrogen-bond acceptors (Lipinski definition) is 4. The summed E-state index contributed by atoms with van der Waals surface area (Å²) in [6.45, 7) is 9.48. The van der Waals surface area contributed by atoms with Gasteiger partial charge in [-0.25, -0.2) is 4.99 Å². The third kappa shape index (κ3) is 5.48. The van der Waals surface area contributed by atoms with E-state index in [4.69, 9.17) is 4.99 Å². The molecule has 2 aromatic rings. The molecule has 0 aromatic heterocycles. The van der Waals surface area contributed by atoms with Gasteiger partial charge >= 0.3 is 0 Å². The number of benzene rings is 2. The minimum atomic E-state index is 0.0857. The summed E-state index contributed by atoms with van der Waals surface area (Å²) in [5.41, 5.74) is 3.55. The second-order valence-electron chi connectivity index (χ2n) is 7.92. The van der Waals surface area contributed by atoms with Gasteiger partial charge in [-0.2, -0.15) is 0 Å². The lowest BCUT2D eigenvalue weighted by molar-refractivity contribution is -0.120. The minimum absolute atomic E-state index is 0.0857. The quantitative estimate of drug-likeness (QED) is 0.572. The lowest BCUT2D eigenvalue weighted by atomic mass is 10.2. The molecular formula is C24H32N6O. The second kappa shape index (κ2) is 10.2. The van der Waals surface area contributed by atoms with Gasteiger partial charge < -0.3 is 25.3 Å². The molecule has 0 unspecified atom stereocenters. The predicted octanol–water partition coefficient (Wildman–Crippen LogP) is 1.91. The first-order valence-corrected chi connectivity index (χ1v) is 11.2. The largest absolute Gasteiger partial charge is 0.368 e. The number of para-hydroxylation sites is 1. The lowest BCUT2D eigenvalue weighted by Gasteiger charge is -2.37. The molecule has 0 bridgehead atoms. The van der Waals surface area contributed by atoms with Gasteiger partial charge in [0.05, 0.1) is 13.1 Å². The highest BCUT2D eigenvalue weighted by Crippen LogP contribution is 2.18. The van der Waals surface area contributed by atoms with Gasteiger partial charge in [0.1, 0.15) is 0 Å². The summed E-state index contributed by atoms with van der Waals surface area (Å²) in [5, 5.41) is 6.32. The van der Waals surface area contributed by atoms with E-state index in [0.29, 0.717) is 19.6 Å². The van der Waals surface area contributed by atoms with Crippen LogP contribution in [0.2, 0.25) is 0 Å². The zero-order valence-corrected chi connectivity index (χ0v) is 18.3. The van der Waals surface area contributed by atoms with E-state index in [2.05, 4.69) is 86.9 Å². The van der Waals surface area contributed by atoms with Crippen molar-refractivity contribution < 1.29 is 4.79 Å². The highest BCUT2D eigenvalue weighted by Gasteiger charge is 2.20. The van der Waals surface area contributed by atoms with Crippen molar-refractivity contribution in [2.24, 2.45) is 4.99 Å². The Morgan fingerprint density at radius 3 is 2.32 bits per heavy atom. The number of aliphatic imine (C=N–C) groups is 1. The van der Waals surface area contributed by atoms with Crippen molar-refractivity contribution in [3.8, 4) is 0 Å². The number of rotatable bonds is 5. The van der Waals surface area contributed by atoms with Crippen LogP contribution < -0.4 is 20.4 Å². The van der Waals surface area contributed by atoms with Crippen LogP contribution in [0.25, 0.3) is 0 Å². The maximum atomic E-state index is 11.6. The fraction of sp³-hybridized carbons (Fsp3) is 0.417. The highest BCUT2D eigenvalue weighted by molar-refractivity contribution is 5.82. The summed E-state index contributed by atoms with van der Waals surface area (Å²) in [4.78, 5) is 23.4. The van der Waals surface area contributed by atoms with Gasteiger partial charge in [0.15, 0.2) is 5.96 Å². The molecule has 0 radical (unpaired) electrons. The predicted molar refractivity (Wildman–Crippen MR) is 127 cm³/mol. The number of hydrogen-bond donors (Lipinski definition) is 2. The molecule has 0 saturated carbocycles. The van der Waals surface area contributed by atoms with Crippen molar-refractivity contribution in [2.75, 3.05) is 62.2 Å². The van der Waals surface area contributed by atoms with Crippen molar-refractivity contribution in [3.63, 3.8) is 0 Å². The van der Waals surface area contributed by atoms with E-state index in [9.17, 15) is 4.79 Å². The molecule has 2 heterocycles. The van der Waals surface area contributed by atoms with E-state index >= 15 is 0 Å². The van der Waals surface area contributed by atoms with Crippen molar-refractivity contribution in [3.05, 3.63) is 60.2 Å². The monoisotopic (exact) mass is 420 g/mol. The number of carbonyl (C=O) groups excluding carboxylic acids is 1. The molecule has 1 amide bonds.